The quantitative estimate of drug-likeness (QED) is 0.731. The van der Waals surface area contributed by atoms with Crippen molar-refractivity contribution in [1.29, 1.82) is 0 Å². The fourth-order valence-corrected chi connectivity index (χ4v) is 2.22. The van der Waals surface area contributed by atoms with Crippen LogP contribution in [0, 0.1) is 0 Å². The summed E-state index contributed by atoms with van der Waals surface area (Å²) >= 11 is 0. The van der Waals surface area contributed by atoms with E-state index < -0.39 is 0 Å². The minimum Gasteiger partial charge on any atom is -0.351 e. The Morgan fingerprint density at radius 2 is 2.38 bits per heavy atom. The van der Waals surface area contributed by atoms with E-state index in [0.29, 0.717) is 5.69 Å². The van der Waals surface area contributed by atoms with Crippen LogP contribution in [-0.4, -0.2) is 34.7 Å². The first-order valence-electron chi connectivity index (χ1n) is 5.41. The molecule has 82 valence electrons. The van der Waals surface area contributed by atoms with Gasteiger partial charge in [-0.3, -0.25) is 4.79 Å². The third-order valence-electron chi connectivity index (χ3n) is 3.10. The van der Waals surface area contributed by atoms with Crippen LogP contribution in [0.3, 0.4) is 0 Å². The fraction of sp³-hybridized carbons (Fsp3) is 0.333. The molecule has 0 unspecified atom stereocenters. The molecule has 2 aromatic heterocycles. The van der Waals surface area contributed by atoms with Gasteiger partial charge in [0.1, 0.15) is 0 Å². The summed E-state index contributed by atoms with van der Waals surface area (Å²) in [6.45, 7) is 1.97. The Kier molecular flexibility index (Phi) is 2.04. The molecule has 0 aromatic carbocycles. The zero-order chi connectivity index (χ0) is 11.1. The predicted octanol–water partition coefficient (Wildman–Crippen LogP) is 1.36. The van der Waals surface area contributed by atoms with Crippen molar-refractivity contribution in [1.82, 2.24) is 14.9 Å². The number of aromatic amines is 1. The average Bonchev–Trinajstić information content (AvgIpc) is 2.67. The molecule has 3 rings (SSSR count). The van der Waals surface area contributed by atoms with Crippen molar-refractivity contribution in [2.75, 3.05) is 13.6 Å². The lowest BCUT2D eigenvalue weighted by Gasteiger charge is -2.23. The predicted molar refractivity (Wildman–Crippen MR) is 61.5 cm³/mol. The molecule has 2 aromatic rings. The molecule has 0 spiro atoms. The van der Waals surface area contributed by atoms with Crippen molar-refractivity contribution in [3.05, 3.63) is 29.1 Å². The third-order valence-corrected chi connectivity index (χ3v) is 3.10. The maximum Gasteiger partial charge on any atom is 0.166 e. The number of likely N-dealkylation sites (N-methyl/N-ethyl adjacent to an activating group) is 1. The minimum absolute atomic E-state index is 0.596. The van der Waals surface area contributed by atoms with Crippen molar-refractivity contribution in [3.63, 3.8) is 0 Å². The highest BCUT2D eigenvalue weighted by Crippen LogP contribution is 2.21. The smallest absolute Gasteiger partial charge is 0.166 e. The molecule has 0 bridgehead atoms. The molecular weight excluding hydrogens is 202 g/mol. The van der Waals surface area contributed by atoms with Crippen LogP contribution in [0.4, 0.5) is 0 Å². The zero-order valence-electron chi connectivity index (χ0n) is 9.16. The SMILES string of the molecule is CN1CCc2cc3[nH]c(C=O)cc3nc2C1. The first-order valence-corrected chi connectivity index (χ1v) is 5.41. The van der Waals surface area contributed by atoms with Crippen LogP contribution in [-0.2, 0) is 13.0 Å². The summed E-state index contributed by atoms with van der Waals surface area (Å²) in [5, 5.41) is 0. The molecule has 1 aliphatic heterocycles. The maximum atomic E-state index is 10.7. The second kappa shape index (κ2) is 3.42. The number of H-pyrrole nitrogens is 1. The summed E-state index contributed by atoms with van der Waals surface area (Å²) in [5.41, 5.74) is 4.88. The van der Waals surface area contributed by atoms with Crippen LogP contribution < -0.4 is 0 Å². The Morgan fingerprint density at radius 3 is 3.19 bits per heavy atom. The molecule has 1 aliphatic rings. The lowest BCUT2D eigenvalue weighted by atomic mass is 10.1. The highest BCUT2D eigenvalue weighted by atomic mass is 16.1. The van der Waals surface area contributed by atoms with E-state index in [0.717, 1.165) is 42.5 Å². The number of nitrogens with one attached hydrogen (secondary N) is 1. The standard InChI is InChI=1S/C12H13N3O/c1-15-3-2-8-4-10-11(14-12(8)6-15)5-9(7-16)13-10/h4-5,7,13H,2-3,6H2,1H3. The molecule has 16 heavy (non-hydrogen) atoms. The zero-order valence-corrected chi connectivity index (χ0v) is 9.16. The number of hydrogen-bond acceptors (Lipinski definition) is 3. The number of rotatable bonds is 1. The minimum atomic E-state index is 0.596. The number of carbonyl (C=O) groups is 1. The first kappa shape index (κ1) is 9.54. The summed E-state index contributed by atoms with van der Waals surface area (Å²) in [6, 6.07) is 3.93. The van der Waals surface area contributed by atoms with Crippen molar-refractivity contribution < 1.29 is 4.79 Å². The molecule has 0 atom stereocenters. The lowest BCUT2D eigenvalue weighted by molar-refractivity contribution is 0.112. The molecule has 0 saturated heterocycles. The second-order valence-electron chi connectivity index (χ2n) is 4.36. The third kappa shape index (κ3) is 1.42. The Morgan fingerprint density at radius 1 is 1.50 bits per heavy atom. The van der Waals surface area contributed by atoms with Crippen LogP contribution in [0.1, 0.15) is 21.7 Å². The lowest BCUT2D eigenvalue weighted by Crippen LogP contribution is -2.27. The molecule has 3 heterocycles. The molecular formula is C12H13N3O. The number of aromatic nitrogens is 2. The number of nitrogens with zero attached hydrogens (tertiary/aromatic N) is 2. The Balaban J connectivity index is 2.17. The molecule has 4 nitrogen and oxygen atoms in total. The van der Waals surface area contributed by atoms with Crippen LogP contribution in [0.15, 0.2) is 12.1 Å². The largest absolute Gasteiger partial charge is 0.351 e. The van der Waals surface area contributed by atoms with Gasteiger partial charge in [-0.15, -0.1) is 0 Å². The number of carbonyl (C=O) groups excluding carboxylic acids is 1. The van der Waals surface area contributed by atoms with E-state index in [1.165, 1.54) is 5.56 Å². The normalized spacial score (nSPS) is 16.3. The average molecular weight is 215 g/mol. The van der Waals surface area contributed by atoms with Gasteiger partial charge in [0.25, 0.3) is 0 Å². The van der Waals surface area contributed by atoms with Gasteiger partial charge in [0.15, 0.2) is 6.29 Å². The first-order chi connectivity index (χ1) is 7.76. The van der Waals surface area contributed by atoms with Gasteiger partial charge < -0.3 is 9.88 Å². The van der Waals surface area contributed by atoms with E-state index in [4.69, 9.17) is 0 Å². The van der Waals surface area contributed by atoms with Gasteiger partial charge in [0.05, 0.1) is 22.4 Å². The fourth-order valence-electron chi connectivity index (χ4n) is 2.22. The Bertz CT molecular complexity index is 559. The second-order valence-corrected chi connectivity index (χ2v) is 4.36. The number of fused-ring (bicyclic) bond motifs is 2. The molecule has 0 radical (unpaired) electrons. The summed E-state index contributed by atoms with van der Waals surface area (Å²) in [7, 11) is 2.10. The van der Waals surface area contributed by atoms with E-state index in [1.807, 2.05) is 0 Å². The molecule has 1 N–H and O–H groups in total. The molecule has 0 aliphatic carbocycles. The van der Waals surface area contributed by atoms with Crippen molar-refractivity contribution >= 4 is 17.3 Å². The number of pyridine rings is 1. The van der Waals surface area contributed by atoms with E-state index in [1.54, 1.807) is 6.07 Å². The van der Waals surface area contributed by atoms with Gasteiger partial charge in [-0.05, 0) is 31.2 Å². The Labute approximate surface area is 93.3 Å². The van der Waals surface area contributed by atoms with E-state index >= 15 is 0 Å². The molecule has 0 saturated carbocycles. The highest BCUT2D eigenvalue weighted by Gasteiger charge is 2.15. The van der Waals surface area contributed by atoms with Crippen molar-refractivity contribution in [2.24, 2.45) is 0 Å². The van der Waals surface area contributed by atoms with E-state index in [9.17, 15) is 4.79 Å². The van der Waals surface area contributed by atoms with Crippen LogP contribution >= 0.6 is 0 Å². The van der Waals surface area contributed by atoms with Gasteiger partial charge in [-0.25, -0.2) is 4.98 Å². The topological polar surface area (TPSA) is 49.0 Å². The van der Waals surface area contributed by atoms with Gasteiger partial charge in [-0.2, -0.15) is 0 Å². The summed E-state index contributed by atoms with van der Waals surface area (Å²) in [6.07, 6.45) is 1.86. The monoisotopic (exact) mass is 215 g/mol. The van der Waals surface area contributed by atoms with Gasteiger partial charge in [0, 0.05) is 13.1 Å². The van der Waals surface area contributed by atoms with E-state index in [-0.39, 0.29) is 0 Å². The molecule has 0 fully saturated rings. The van der Waals surface area contributed by atoms with Crippen molar-refractivity contribution in [2.45, 2.75) is 13.0 Å². The Hall–Kier alpha value is -1.68. The molecule has 4 heteroatoms. The van der Waals surface area contributed by atoms with Gasteiger partial charge in [0.2, 0.25) is 0 Å². The number of aldehydes is 1. The summed E-state index contributed by atoms with van der Waals surface area (Å²) in [5.74, 6) is 0. The molecule has 0 amide bonds. The highest BCUT2D eigenvalue weighted by molar-refractivity contribution is 5.85. The van der Waals surface area contributed by atoms with E-state index in [2.05, 4.69) is 28.0 Å². The summed E-state index contributed by atoms with van der Waals surface area (Å²) in [4.78, 5) is 20.6. The van der Waals surface area contributed by atoms with Gasteiger partial charge >= 0.3 is 0 Å². The maximum absolute atomic E-state index is 10.7. The van der Waals surface area contributed by atoms with Crippen LogP contribution in [0.2, 0.25) is 0 Å². The summed E-state index contributed by atoms with van der Waals surface area (Å²) < 4.78 is 0. The van der Waals surface area contributed by atoms with Crippen molar-refractivity contribution in [3.8, 4) is 0 Å². The number of hydrogen-bond donors (Lipinski definition) is 1. The van der Waals surface area contributed by atoms with Gasteiger partial charge in [-0.1, -0.05) is 0 Å². The van der Waals surface area contributed by atoms with Crippen LogP contribution in [0.5, 0.6) is 0 Å². The van der Waals surface area contributed by atoms with Crippen LogP contribution in [0.25, 0.3) is 11.0 Å².